The first kappa shape index (κ1) is 11.9. The molecule has 0 heterocycles. The SMILES string of the molecule is COc1cccc(N[C@@H](C)C(C)(C)C)c1. The van der Waals surface area contributed by atoms with Crippen molar-refractivity contribution in [2.24, 2.45) is 5.41 Å². The largest absolute Gasteiger partial charge is 0.497 e. The van der Waals surface area contributed by atoms with Gasteiger partial charge in [-0.2, -0.15) is 0 Å². The summed E-state index contributed by atoms with van der Waals surface area (Å²) in [5.41, 5.74) is 1.36. The van der Waals surface area contributed by atoms with E-state index in [1.54, 1.807) is 7.11 Å². The zero-order valence-electron chi connectivity index (χ0n) is 10.3. The van der Waals surface area contributed by atoms with Crippen molar-refractivity contribution in [3.8, 4) is 5.75 Å². The molecule has 1 atom stereocenters. The van der Waals surface area contributed by atoms with Crippen LogP contribution in [-0.2, 0) is 0 Å². The van der Waals surface area contributed by atoms with Gasteiger partial charge in [-0.1, -0.05) is 26.8 Å². The summed E-state index contributed by atoms with van der Waals surface area (Å²) in [6, 6.07) is 8.45. The number of benzene rings is 1. The van der Waals surface area contributed by atoms with Gasteiger partial charge in [-0.3, -0.25) is 0 Å². The summed E-state index contributed by atoms with van der Waals surface area (Å²) in [6.07, 6.45) is 0. The zero-order chi connectivity index (χ0) is 11.5. The van der Waals surface area contributed by atoms with E-state index in [1.807, 2.05) is 18.2 Å². The summed E-state index contributed by atoms with van der Waals surface area (Å²) in [4.78, 5) is 0. The molecule has 1 rings (SSSR count). The number of methoxy groups -OCH3 is 1. The number of hydrogen-bond donors (Lipinski definition) is 1. The minimum atomic E-state index is 0.253. The van der Waals surface area contributed by atoms with Gasteiger partial charge in [0.15, 0.2) is 0 Å². The Labute approximate surface area is 92.6 Å². The van der Waals surface area contributed by atoms with Crippen molar-refractivity contribution in [2.75, 3.05) is 12.4 Å². The maximum Gasteiger partial charge on any atom is 0.120 e. The first-order valence-electron chi connectivity index (χ1n) is 5.34. The van der Waals surface area contributed by atoms with Crippen LogP contribution < -0.4 is 10.1 Å². The van der Waals surface area contributed by atoms with Crippen molar-refractivity contribution in [1.82, 2.24) is 0 Å². The number of ether oxygens (including phenoxy) is 1. The van der Waals surface area contributed by atoms with Crippen LogP contribution in [0.4, 0.5) is 5.69 Å². The van der Waals surface area contributed by atoms with Gasteiger partial charge in [0.25, 0.3) is 0 Å². The minimum absolute atomic E-state index is 0.253. The Morgan fingerprint density at radius 3 is 2.47 bits per heavy atom. The van der Waals surface area contributed by atoms with Crippen LogP contribution in [0.3, 0.4) is 0 Å². The molecule has 2 heteroatoms. The Morgan fingerprint density at radius 1 is 1.27 bits per heavy atom. The molecule has 0 fully saturated rings. The Kier molecular flexibility index (Phi) is 3.61. The molecule has 0 unspecified atom stereocenters. The molecule has 0 amide bonds. The van der Waals surface area contributed by atoms with Crippen molar-refractivity contribution >= 4 is 5.69 Å². The van der Waals surface area contributed by atoms with Gasteiger partial charge < -0.3 is 10.1 Å². The molecule has 0 aliphatic carbocycles. The summed E-state index contributed by atoms with van der Waals surface area (Å²) in [5.74, 6) is 0.890. The standard InChI is InChI=1S/C13H21NO/c1-10(13(2,3)4)14-11-7-6-8-12(9-11)15-5/h6-10,14H,1-5H3/t10-/m0/s1. The Hall–Kier alpha value is -1.18. The predicted molar refractivity (Wildman–Crippen MR) is 65.5 cm³/mol. The lowest BCUT2D eigenvalue weighted by Crippen LogP contribution is -2.30. The molecule has 0 aromatic heterocycles. The molecule has 2 nitrogen and oxygen atoms in total. The second-order valence-electron chi connectivity index (χ2n) is 4.96. The maximum absolute atomic E-state index is 5.18. The van der Waals surface area contributed by atoms with Gasteiger partial charge in [0.1, 0.15) is 5.75 Å². The van der Waals surface area contributed by atoms with E-state index >= 15 is 0 Å². The van der Waals surface area contributed by atoms with Gasteiger partial charge in [-0.15, -0.1) is 0 Å². The highest BCUT2D eigenvalue weighted by molar-refractivity contribution is 5.48. The van der Waals surface area contributed by atoms with Crippen molar-refractivity contribution in [2.45, 2.75) is 33.7 Å². The Morgan fingerprint density at radius 2 is 1.93 bits per heavy atom. The monoisotopic (exact) mass is 207 g/mol. The van der Waals surface area contributed by atoms with E-state index in [-0.39, 0.29) is 5.41 Å². The predicted octanol–water partition coefficient (Wildman–Crippen LogP) is 3.54. The fourth-order valence-corrected chi connectivity index (χ4v) is 1.18. The quantitative estimate of drug-likeness (QED) is 0.818. The van der Waals surface area contributed by atoms with E-state index in [0.717, 1.165) is 11.4 Å². The molecule has 0 aliphatic heterocycles. The highest BCUT2D eigenvalue weighted by atomic mass is 16.5. The first-order valence-corrected chi connectivity index (χ1v) is 5.34. The second-order valence-corrected chi connectivity index (χ2v) is 4.96. The van der Waals surface area contributed by atoms with Gasteiger partial charge in [-0.05, 0) is 24.5 Å². The van der Waals surface area contributed by atoms with Gasteiger partial charge >= 0.3 is 0 Å². The molecule has 0 aliphatic rings. The molecule has 0 radical (unpaired) electrons. The van der Waals surface area contributed by atoms with Gasteiger partial charge in [0, 0.05) is 17.8 Å². The molecular weight excluding hydrogens is 186 g/mol. The smallest absolute Gasteiger partial charge is 0.120 e. The van der Waals surface area contributed by atoms with E-state index in [0.29, 0.717) is 6.04 Å². The van der Waals surface area contributed by atoms with Crippen LogP contribution in [0.2, 0.25) is 0 Å². The van der Waals surface area contributed by atoms with Crippen LogP contribution in [0.25, 0.3) is 0 Å². The molecule has 84 valence electrons. The van der Waals surface area contributed by atoms with Crippen LogP contribution in [0.5, 0.6) is 5.75 Å². The van der Waals surface area contributed by atoms with E-state index in [2.05, 4.69) is 39.1 Å². The lowest BCUT2D eigenvalue weighted by Gasteiger charge is -2.29. The number of rotatable bonds is 3. The van der Waals surface area contributed by atoms with E-state index in [4.69, 9.17) is 4.74 Å². The highest BCUT2D eigenvalue weighted by Crippen LogP contribution is 2.24. The minimum Gasteiger partial charge on any atom is -0.497 e. The topological polar surface area (TPSA) is 21.3 Å². The summed E-state index contributed by atoms with van der Waals surface area (Å²) in [6.45, 7) is 8.87. The Bertz CT molecular complexity index is 315. The van der Waals surface area contributed by atoms with Crippen molar-refractivity contribution in [3.05, 3.63) is 24.3 Å². The van der Waals surface area contributed by atoms with Crippen LogP contribution in [-0.4, -0.2) is 13.2 Å². The lowest BCUT2D eigenvalue weighted by molar-refractivity contribution is 0.359. The van der Waals surface area contributed by atoms with E-state index in [1.165, 1.54) is 0 Å². The summed E-state index contributed by atoms with van der Waals surface area (Å²) < 4.78 is 5.18. The van der Waals surface area contributed by atoms with E-state index < -0.39 is 0 Å². The molecule has 1 aromatic rings. The highest BCUT2D eigenvalue weighted by Gasteiger charge is 2.19. The molecule has 0 bridgehead atoms. The molecule has 1 aromatic carbocycles. The van der Waals surface area contributed by atoms with Crippen molar-refractivity contribution < 1.29 is 4.74 Å². The van der Waals surface area contributed by atoms with Crippen LogP contribution in [0.1, 0.15) is 27.7 Å². The number of anilines is 1. The molecule has 0 saturated carbocycles. The third kappa shape index (κ3) is 3.46. The maximum atomic E-state index is 5.18. The molecule has 0 saturated heterocycles. The van der Waals surface area contributed by atoms with Crippen molar-refractivity contribution in [3.63, 3.8) is 0 Å². The Balaban J connectivity index is 2.72. The molecular formula is C13H21NO. The summed E-state index contributed by atoms with van der Waals surface area (Å²) >= 11 is 0. The average molecular weight is 207 g/mol. The zero-order valence-corrected chi connectivity index (χ0v) is 10.3. The first-order chi connectivity index (χ1) is 6.93. The molecule has 15 heavy (non-hydrogen) atoms. The van der Waals surface area contributed by atoms with Crippen LogP contribution in [0, 0.1) is 5.41 Å². The molecule has 1 N–H and O–H groups in total. The summed E-state index contributed by atoms with van der Waals surface area (Å²) in [5, 5.41) is 3.48. The third-order valence-electron chi connectivity index (χ3n) is 2.75. The normalized spacial score (nSPS) is 13.4. The fraction of sp³-hybridized carbons (Fsp3) is 0.538. The lowest BCUT2D eigenvalue weighted by atomic mass is 9.88. The summed E-state index contributed by atoms with van der Waals surface area (Å²) in [7, 11) is 1.69. The van der Waals surface area contributed by atoms with Gasteiger partial charge in [-0.25, -0.2) is 0 Å². The van der Waals surface area contributed by atoms with E-state index in [9.17, 15) is 0 Å². The second kappa shape index (κ2) is 4.56. The van der Waals surface area contributed by atoms with Crippen LogP contribution in [0.15, 0.2) is 24.3 Å². The van der Waals surface area contributed by atoms with Crippen molar-refractivity contribution in [1.29, 1.82) is 0 Å². The third-order valence-corrected chi connectivity index (χ3v) is 2.75. The van der Waals surface area contributed by atoms with Gasteiger partial charge in [0.05, 0.1) is 7.11 Å². The number of nitrogens with one attached hydrogen (secondary N) is 1. The molecule has 0 spiro atoms. The van der Waals surface area contributed by atoms with Gasteiger partial charge in [0.2, 0.25) is 0 Å². The number of hydrogen-bond acceptors (Lipinski definition) is 2. The van der Waals surface area contributed by atoms with Crippen LogP contribution >= 0.6 is 0 Å². The fourth-order valence-electron chi connectivity index (χ4n) is 1.18. The average Bonchev–Trinajstić information content (AvgIpc) is 2.16.